The Balaban J connectivity index is 1.74. The van der Waals surface area contributed by atoms with Crippen LogP contribution in [0.3, 0.4) is 0 Å². The molecule has 2 aliphatic rings. The van der Waals surface area contributed by atoms with Crippen molar-refractivity contribution < 1.29 is 5.11 Å². The van der Waals surface area contributed by atoms with E-state index in [1.165, 1.54) is 29.7 Å². The first-order valence-electron chi connectivity index (χ1n) is 9.12. The van der Waals surface area contributed by atoms with Gasteiger partial charge in [-0.1, -0.05) is 54.1 Å². The number of aliphatic hydroxyl groups is 1. The highest BCUT2D eigenvalue weighted by atomic mass is 16.3. The second-order valence-corrected chi connectivity index (χ2v) is 7.82. The van der Waals surface area contributed by atoms with E-state index in [0.717, 1.165) is 18.7 Å². The van der Waals surface area contributed by atoms with Crippen LogP contribution in [0.5, 0.6) is 0 Å². The van der Waals surface area contributed by atoms with Crippen LogP contribution in [0.2, 0.25) is 0 Å². The molecule has 2 aromatic carbocycles. The van der Waals surface area contributed by atoms with Crippen LogP contribution in [-0.4, -0.2) is 29.6 Å². The zero-order valence-corrected chi connectivity index (χ0v) is 14.7. The van der Waals surface area contributed by atoms with E-state index in [0.29, 0.717) is 18.3 Å². The molecule has 0 radical (unpaired) electrons. The molecule has 24 heavy (non-hydrogen) atoms. The lowest BCUT2D eigenvalue weighted by Gasteiger charge is -2.40. The Morgan fingerprint density at radius 2 is 1.79 bits per heavy atom. The van der Waals surface area contributed by atoms with Gasteiger partial charge in [0.1, 0.15) is 0 Å². The molecular weight excluding hydrogens is 294 g/mol. The van der Waals surface area contributed by atoms with E-state index < -0.39 is 5.60 Å². The molecule has 2 aromatic rings. The fraction of sp³-hybridized carbons (Fsp3) is 0.455. The van der Waals surface area contributed by atoms with Crippen LogP contribution < -0.4 is 0 Å². The van der Waals surface area contributed by atoms with E-state index in [1.54, 1.807) is 0 Å². The quantitative estimate of drug-likeness (QED) is 0.928. The average molecular weight is 321 g/mol. The Kier molecular flexibility index (Phi) is 3.98. The Hall–Kier alpha value is -1.64. The van der Waals surface area contributed by atoms with Crippen LogP contribution >= 0.6 is 0 Å². The van der Waals surface area contributed by atoms with E-state index in [2.05, 4.69) is 67.3 Å². The van der Waals surface area contributed by atoms with Gasteiger partial charge < -0.3 is 10.0 Å². The largest absolute Gasteiger partial charge is 0.384 e. The summed E-state index contributed by atoms with van der Waals surface area (Å²) in [4.78, 5) is 2.52. The molecule has 0 aliphatic carbocycles. The SMILES string of the molecule is Cc1ccc(CC(O)(c2ccccc2C)C2CN3CCC2C3)cc1. The number of rotatable bonds is 4. The topological polar surface area (TPSA) is 23.5 Å². The summed E-state index contributed by atoms with van der Waals surface area (Å²) >= 11 is 0. The summed E-state index contributed by atoms with van der Waals surface area (Å²) in [6.45, 7) is 7.63. The number of aryl methyl sites for hydroxylation is 2. The van der Waals surface area contributed by atoms with E-state index in [4.69, 9.17) is 0 Å². The molecule has 2 heterocycles. The molecule has 0 saturated carbocycles. The predicted molar refractivity (Wildman–Crippen MR) is 98.0 cm³/mol. The van der Waals surface area contributed by atoms with Crippen molar-refractivity contribution in [3.63, 3.8) is 0 Å². The summed E-state index contributed by atoms with van der Waals surface area (Å²) in [7, 11) is 0. The van der Waals surface area contributed by atoms with Gasteiger partial charge in [-0.2, -0.15) is 0 Å². The van der Waals surface area contributed by atoms with Gasteiger partial charge in [0.05, 0.1) is 5.60 Å². The van der Waals surface area contributed by atoms with E-state index in [9.17, 15) is 5.11 Å². The molecule has 0 spiro atoms. The number of hydrogen-bond acceptors (Lipinski definition) is 2. The van der Waals surface area contributed by atoms with Crippen molar-refractivity contribution in [2.45, 2.75) is 32.3 Å². The molecule has 2 bridgehead atoms. The van der Waals surface area contributed by atoms with E-state index in [1.807, 2.05) is 0 Å². The fourth-order valence-electron chi connectivity index (χ4n) is 4.83. The third-order valence-electron chi connectivity index (χ3n) is 6.15. The van der Waals surface area contributed by atoms with Gasteiger partial charge in [0, 0.05) is 25.4 Å². The lowest BCUT2D eigenvalue weighted by molar-refractivity contribution is -0.0428. The van der Waals surface area contributed by atoms with Gasteiger partial charge in [-0.05, 0) is 49.4 Å². The first kappa shape index (κ1) is 15.9. The highest BCUT2D eigenvalue weighted by molar-refractivity contribution is 5.35. The summed E-state index contributed by atoms with van der Waals surface area (Å²) in [5, 5.41) is 12.0. The molecule has 0 amide bonds. The van der Waals surface area contributed by atoms with Gasteiger partial charge in [0.2, 0.25) is 0 Å². The number of nitrogens with zero attached hydrogens (tertiary/aromatic N) is 1. The summed E-state index contributed by atoms with van der Waals surface area (Å²) in [6, 6.07) is 17.0. The standard InChI is InChI=1S/C22H27NO/c1-16-7-9-18(10-8-16)13-22(24,20-6-4-3-5-17(20)2)21-15-23-12-11-19(21)14-23/h3-10,19,21,24H,11-15H2,1-2H3. The van der Waals surface area contributed by atoms with Gasteiger partial charge >= 0.3 is 0 Å². The highest BCUT2D eigenvalue weighted by Gasteiger charge is 2.50. The number of hydrogen-bond donors (Lipinski definition) is 1. The number of piperidine rings is 1. The maximum absolute atomic E-state index is 12.0. The molecule has 1 N–H and O–H groups in total. The second kappa shape index (κ2) is 6.02. The van der Waals surface area contributed by atoms with Gasteiger partial charge in [0.15, 0.2) is 0 Å². The van der Waals surface area contributed by atoms with Crippen molar-refractivity contribution in [2.24, 2.45) is 11.8 Å². The van der Waals surface area contributed by atoms with Crippen molar-refractivity contribution >= 4 is 0 Å². The van der Waals surface area contributed by atoms with Crippen LogP contribution in [0.1, 0.15) is 28.7 Å². The molecule has 4 atom stereocenters. The first-order valence-corrected chi connectivity index (χ1v) is 9.12. The maximum atomic E-state index is 12.0. The van der Waals surface area contributed by atoms with Gasteiger partial charge in [0.25, 0.3) is 0 Å². The summed E-state index contributed by atoms with van der Waals surface area (Å²) in [5.74, 6) is 0.953. The fourth-order valence-corrected chi connectivity index (χ4v) is 4.83. The summed E-state index contributed by atoms with van der Waals surface area (Å²) in [5.41, 5.74) is 4.03. The van der Waals surface area contributed by atoms with Crippen molar-refractivity contribution in [2.75, 3.05) is 19.6 Å². The Labute approximate surface area is 145 Å². The summed E-state index contributed by atoms with van der Waals surface area (Å²) < 4.78 is 0. The molecule has 2 fully saturated rings. The smallest absolute Gasteiger partial charge is 0.0982 e. The second-order valence-electron chi connectivity index (χ2n) is 7.82. The van der Waals surface area contributed by atoms with E-state index in [-0.39, 0.29) is 0 Å². The summed E-state index contributed by atoms with van der Waals surface area (Å²) in [6.07, 6.45) is 1.93. The third kappa shape index (κ3) is 2.68. The molecule has 126 valence electrons. The molecular formula is C22H27NO. The molecule has 4 unspecified atom stereocenters. The highest BCUT2D eigenvalue weighted by Crippen LogP contribution is 2.46. The molecule has 2 nitrogen and oxygen atoms in total. The first-order chi connectivity index (χ1) is 11.6. The Morgan fingerprint density at radius 1 is 1.04 bits per heavy atom. The number of fused-ring (bicyclic) bond motifs is 2. The molecule has 4 rings (SSSR count). The zero-order chi connectivity index (χ0) is 16.7. The van der Waals surface area contributed by atoms with Crippen LogP contribution in [0.15, 0.2) is 48.5 Å². The molecule has 2 heteroatoms. The van der Waals surface area contributed by atoms with Crippen molar-refractivity contribution in [3.05, 3.63) is 70.8 Å². The maximum Gasteiger partial charge on any atom is 0.0982 e. The minimum absolute atomic E-state index is 0.327. The average Bonchev–Trinajstić information content (AvgIpc) is 3.21. The lowest BCUT2D eigenvalue weighted by atomic mass is 9.70. The minimum atomic E-state index is -0.777. The van der Waals surface area contributed by atoms with Gasteiger partial charge in [-0.25, -0.2) is 0 Å². The van der Waals surface area contributed by atoms with Crippen molar-refractivity contribution in [3.8, 4) is 0 Å². The van der Waals surface area contributed by atoms with Crippen LogP contribution in [0.4, 0.5) is 0 Å². The molecule has 2 saturated heterocycles. The van der Waals surface area contributed by atoms with E-state index >= 15 is 0 Å². The monoisotopic (exact) mass is 321 g/mol. The van der Waals surface area contributed by atoms with Crippen molar-refractivity contribution in [1.82, 2.24) is 4.90 Å². The Morgan fingerprint density at radius 3 is 2.42 bits per heavy atom. The van der Waals surface area contributed by atoms with Gasteiger partial charge in [-0.3, -0.25) is 0 Å². The van der Waals surface area contributed by atoms with Gasteiger partial charge in [-0.15, -0.1) is 0 Å². The molecule has 0 aromatic heterocycles. The van der Waals surface area contributed by atoms with Crippen LogP contribution in [0.25, 0.3) is 0 Å². The Bertz CT molecular complexity index is 723. The zero-order valence-electron chi connectivity index (χ0n) is 14.7. The van der Waals surface area contributed by atoms with Crippen LogP contribution in [-0.2, 0) is 12.0 Å². The normalized spacial score (nSPS) is 28.0. The predicted octanol–water partition coefficient (Wildman–Crippen LogP) is 3.69. The number of benzene rings is 2. The lowest BCUT2D eigenvalue weighted by Crippen LogP contribution is -2.44. The minimum Gasteiger partial charge on any atom is -0.384 e. The van der Waals surface area contributed by atoms with Crippen molar-refractivity contribution in [1.29, 1.82) is 0 Å². The van der Waals surface area contributed by atoms with Crippen LogP contribution in [0, 0.1) is 25.7 Å². The third-order valence-corrected chi connectivity index (χ3v) is 6.15. The molecule has 2 aliphatic heterocycles.